The highest BCUT2D eigenvalue weighted by Crippen LogP contribution is 2.25. The normalized spacial score (nSPS) is 10.6. The summed E-state index contributed by atoms with van der Waals surface area (Å²) >= 11 is 6.42. The Balaban J connectivity index is 0.000000541. The molecule has 2 aromatic rings. The van der Waals surface area contributed by atoms with E-state index in [-0.39, 0.29) is 0 Å². The lowest BCUT2D eigenvalue weighted by Gasteiger charge is -2.07. The van der Waals surface area contributed by atoms with Crippen LogP contribution in [0, 0.1) is 0 Å². The summed E-state index contributed by atoms with van der Waals surface area (Å²) in [6.45, 7) is 10.6. The standard InChI is InChI=1S/C17H15Cl.C4H6/c1-2-16(15-11-7-4-8-12-15)17(18)13-14-9-5-3-6-10-14;1-3-4-2/h2-12H,1,13H2;3-4H,1-2H2. The third-order valence-corrected chi connectivity index (χ3v) is 3.29. The number of benzene rings is 2. The van der Waals surface area contributed by atoms with E-state index in [1.54, 1.807) is 12.2 Å². The van der Waals surface area contributed by atoms with Gasteiger partial charge in [-0.1, -0.05) is 110 Å². The van der Waals surface area contributed by atoms with Gasteiger partial charge in [-0.25, -0.2) is 0 Å². The zero-order valence-electron chi connectivity index (χ0n) is 12.7. The van der Waals surface area contributed by atoms with Gasteiger partial charge < -0.3 is 0 Å². The second-order valence-electron chi connectivity index (χ2n) is 4.52. The van der Waals surface area contributed by atoms with Crippen LogP contribution in [-0.2, 0) is 6.42 Å². The molecule has 0 heterocycles. The Labute approximate surface area is 138 Å². The third-order valence-electron chi connectivity index (χ3n) is 2.95. The average Bonchev–Trinajstić information content (AvgIpc) is 2.57. The van der Waals surface area contributed by atoms with E-state index in [0.29, 0.717) is 0 Å². The van der Waals surface area contributed by atoms with Gasteiger partial charge in [-0.15, -0.1) is 0 Å². The first-order chi connectivity index (χ1) is 10.7. The van der Waals surface area contributed by atoms with Crippen molar-refractivity contribution in [1.82, 2.24) is 0 Å². The molecule has 0 aliphatic heterocycles. The molecular formula is C21H21Cl. The number of hydrogen-bond donors (Lipinski definition) is 0. The van der Waals surface area contributed by atoms with Crippen LogP contribution in [0.3, 0.4) is 0 Å². The summed E-state index contributed by atoms with van der Waals surface area (Å²) in [5.74, 6) is 0. The van der Waals surface area contributed by atoms with Crippen LogP contribution in [-0.4, -0.2) is 0 Å². The molecule has 2 aromatic carbocycles. The van der Waals surface area contributed by atoms with Crippen LogP contribution < -0.4 is 0 Å². The van der Waals surface area contributed by atoms with E-state index >= 15 is 0 Å². The van der Waals surface area contributed by atoms with Crippen molar-refractivity contribution in [3.8, 4) is 0 Å². The van der Waals surface area contributed by atoms with E-state index in [9.17, 15) is 0 Å². The lowest BCUT2D eigenvalue weighted by Crippen LogP contribution is -1.89. The summed E-state index contributed by atoms with van der Waals surface area (Å²) in [5.41, 5.74) is 3.31. The largest absolute Gasteiger partial charge is 0.0991 e. The van der Waals surface area contributed by atoms with Gasteiger partial charge in [0.25, 0.3) is 0 Å². The number of rotatable bonds is 5. The summed E-state index contributed by atoms with van der Waals surface area (Å²) < 4.78 is 0. The van der Waals surface area contributed by atoms with Gasteiger partial charge in [0.05, 0.1) is 0 Å². The molecule has 0 N–H and O–H groups in total. The Morgan fingerprint density at radius 3 is 1.77 bits per heavy atom. The molecule has 1 heteroatoms. The third kappa shape index (κ3) is 5.99. The Kier molecular flexibility index (Phi) is 8.40. The van der Waals surface area contributed by atoms with Crippen molar-refractivity contribution in [2.45, 2.75) is 6.42 Å². The molecule has 0 nitrogen and oxygen atoms in total. The lowest BCUT2D eigenvalue weighted by molar-refractivity contribution is 1.24. The van der Waals surface area contributed by atoms with Gasteiger partial charge in [-0.05, 0) is 16.7 Å². The zero-order chi connectivity index (χ0) is 16.2. The molecular weight excluding hydrogens is 288 g/mol. The fraction of sp³-hybridized carbons (Fsp3) is 0.0476. The van der Waals surface area contributed by atoms with Crippen molar-refractivity contribution in [2.75, 3.05) is 0 Å². The first kappa shape index (κ1) is 17.7. The SMILES string of the molecule is C=CC(=C(Cl)Cc1ccccc1)c1ccccc1.C=CC=C. The average molecular weight is 309 g/mol. The predicted molar refractivity (Wildman–Crippen MR) is 100.0 cm³/mol. The Morgan fingerprint density at radius 2 is 1.32 bits per heavy atom. The number of hydrogen-bond acceptors (Lipinski definition) is 0. The van der Waals surface area contributed by atoms with Crippen LogP contribution in [0.1, 0.15) is 11.1 Å². The molecule has 22 heavy (non-hydrogen) atoms. The van der Waals surface area contributed by atoms with Crippen molar-refractivity contribution in [3.05, 3.63) is 115 Å². The van der Waals surface area contributed by atoms with Gasteiger partial charge in [0.1, 0.15) is 0 Å². The highest BCUT2D eigenvalue weighted by atomic mass is 35.5. The maximum atomic E-state index is 6.42. The summed E-state index contributed by atoms with van der Waals surface area (Å²) in [5, 5.41) is 0.822. The van der Waals surface area contributed by atoms with Gasteiger partial charge in [-0.3, -0.25) is 0 Å². The van der Waals surface area contributed by atoms with E-state index in [2.05, 4.69) is 31.9 Å². The highest BCUT2D eigenvalue weighted by Gasteiger charge is 2.04. The molecule has 0 atom stereocenters. The minimum Gasteiger partial charge on any atom is -0.0991 e. The van der Waals surface area contributed by atoms with Crippen molar-refractivity contribution >= 4 is 17.2 Å². The smallest absolute Gasteiger partial charge is 0.0302 e. The first-order valence-corrected chi connectivity index (χ1v) is 7.44. The molecule has 0 saturated heterocycles. The molecule has 112 valence electrons. The van der Waals surface area contributed by atoms with Crippen LogP contribution in [0.15, 0.2) is 104 Å². The van der Waals surface area contributed by atoms with E-state index in [4.69, 9.17) is 11.6 Å². The topological polar surface area (TPSA) is 0 Å². The molecule has 0 saturated carbocycles. The number of halogens is 1. The van der Waals surface area contributed by atoms with E-state index in [1.165, 1.54) is 5.56 Å². The molecule has 0 fully saturated rings. The highest BCUT2D eigenvalue weighted by molar-refractivity contribution is 6.33. The minimum atomic E-state index is 0.735. The summed E-state index contributed by atoms with van der Waals surface area (Å²) in [6, 6.07) is 20.3. The quantitative estimate of drug-likeness (QED) is 0.559. The second kappa shape index (κ2) is 10.4. The fourth-order valence-corrected chi connectivity index (χ4v) is 2.21. The van der Waals surface area contributed by atoms with Gasteiger partial charge >= 0.3 is 0 Å². The van der Waals surface area contributed by atoms with Crippen LogP contribution in [0.2, 0.25) is 0 Å². The predicted octanol–water partition coefficient (Wildman–Crippen LogP) is 6.42. The Bertz CT molecular complexity index is 615. The first-order valence-electron chi connectivity index (χ1n) is 7.06. The molecule has 0 amide bonds. The summed E-state index contributed by atoms with van der Waals surface area (Å²) in [4.78, 5) is 0. The Hall–Kier alpha value is -2.31. The van der Waals surface area contributed by atoms with Crippen LogP contribution in [0.5, 0.6) is 0 Å². The van der Waals surface area contributed by atoms with Gasteiger partial charge in [-0.2, -0.15) is 0 Å². The molecule has 0 aliphatic carbocycles. The Morgan fingerprint density at radius 1 is 0.818 bits per heavy atom. The van der Waals surface area contributed by atoms with Crippen LogP contribution >= 0.6 is 11.6 Å². The zero-order valence-corrected chi connectivity index (χ0v) is 13.5. The van der Waals surface area contributed by atoms with Crippen LogP contribution in [0.4, 0.5) is 0 Å². The maximum Gasteiger partial charge on any atom is 0.0302 e. The fourth-order valence-electron chi connectivity index (χ4n) is 1.87. The minimum absolute atomic E-state index is 0.735. The van der Waals surface area contributed by atoms with Crippen molar-refractivity contribution < 1.29 is 0 Å². The molecule has 0 aliphatic rings. The summed E-state index contributed by atoms with van der Waals surface area (Å²) in [7, 11) is 0. The molecule has 0 aromatic heterocycles. The maximum absolute atomic E-state index is 6.42. The van der Waals surface area contributed by atoms with Gasteiger partial charge in [0.15, 0.2) is 0 Å². The van der Waals surface area contributed by atoms with Gasteiger partial charge in [0.2, 0.25) is 0 Å². The van der Waals surface area contributed by atoms with Crippen molar-refractivity contribution in [3.63, 3.8) is 0 Å². The van der Waals surface area contributed by atoms with Gasteiger partial charge in [0, 0.05) is 11.5 Å². The van der Waals surface area contributed by atoms with E-state index < -0.39 is 0 Å². The molecule has 2 rings (SSSR count). The lowest BCUT2D eigenvalue weighted by atomic mass is 10.0. The molecule has 0 bridgehead atoms. The molecule has 0 spiro atoms. The van der Waals surface area contributed by atoms with E-state index in [1.807, 2.05) is 54.6 Å². The molecule has 0 unspecified atom stereocenters. The summed E-state index contributed by atoms with van der Waals surface area (Å²) in [6.07, 6.45) is 5.83. The van der Waals surface area contributed by atoms with Crippen molar-refractivity contribution in [2.24, 2.45) is 0 Å². The van der Waals surface area contributed by atoms with E-state index in [0.717, 1.165) is 22.6 Å². The monoisotopic (exact) mass is 308 g/mol. The van der Waals surface area contributed by atoms with Crippen molar-refractivity contribution in [1.29, 1.82) is 0 Å². The van der Waals surface area contributed by atoms with Crippen LogP contribution in [0.25, 0.3) is 5.57 Å². The second-order valence-corrected chi connectivity index (χ2v) is 4.98. The number of allylic oxidation sites excluding steroid dienone is 5. The molecule has 0 radical (unpaired) electrons.